The van der Waals surface area contributed by atoms with Crippen LogP contribution < -0.4 is 11.1 Å². The Labute approximate surface area is 138 Å². The van der Waals surface area contributed by atoms with Gasteiger partial charge in [-0.15, -0.1) is 11.3 Å². The van der Waals surface area contributed by atoms with Crippen LogP contribution in [-0.2, 0) is 14.3 Å². The van der Waals surface area contributed by atoms with Gasteiger partial charge in [-0.25, -0.2) is 0 Å². The number of hydrogen-bond acceptors (Lipinski definition) is 6. The lowest BCUT2D eigenvalue weighted by atomic mass is 9.96. The van der Waals surface area contributed by atoms with Crippen LogP contribution in [-0.4, -0.2) is 48.9 Å². The van der Waals surface area contributed by atoms with E-state index in [1.54, 1.807) is 11.4 Å². The van der Waals surface area contributed by atoms with Gasteiger partial charge < -0.3 is 15.8 Å². The monoisotopic (exact) mass is 339 g/mol. The fraction of sp³-hybridized carbons (Fsp3) is 0.533. The number of esters is 1. The first-order chi connectivity index (χ1) is 10.9. The van der Waals surface area contributed by atoms with Crippen molar-refractivity contribution in [2.24, 2.45) is 11.7 Å². The maximum Gasteiger partial charge on any atom is 0.308 e. The highest BCUT2D eigenvalue weighted by atomic mass is 32.1. The van der Waals surface area contributed by atoms with Crippen LogP contribution in [0.5, 0.6) is 0 Å². The van der Waals surface area contributed by atoms with Gasteiger partial charge >= 0.3 is 5.97 Å². The summed E-state index contributed by atoms with van der Waals surface area (Å²) >= 11 is 1.27. The summed E-state index contributed by atoms with van der Waals surface area (Å²) in [5, 5.41) is 4.94. The molecule has 2 rings (SSSR count). The first-order valence-corrected chi connectivity index (χ1v) is 8.32. The molecule has 0 unspecified atom stereocenters. The minimum Gasteiger partial charge on any atom is -0.469 e. The topological polar surface area (TPSA) is 102 Å². The zero-order valence-electron chi connectivity index (χ0n) is 13.2. The molecule has 1 atom stereocenters. The van der Waals surface area contributed by atoms with Gasteiger partial charge in [-0.1, -0.05) is 0 Å². The molecule has 0 aromatic carbocycles. The van der Waals surface area contributed by atoms with Crippen molar-refractivity contribution in [3.8, 4) is 0 Å². The summed E-state index contributed by atoms with van der Waals surface area (Å²) in [6, 6.07) is 1.24. The van der Waals surface area contributed by atoms with E-state index in [2.05, 4.69) is 5.32 Å². The highest BCUT2D eigenvalue weighted by molar-refractivity contribution is 7.14. The van der Waals surface area contributed by atoms with Gasteiger partial charge in [-0.3, -0.25) is 19.3 Å². The van der Waals surface area contributed by atoms with Crippen molar-refractivity contribution in [1.82, 2.24) is 4.90 Å². The molecular weight excluding hydrogens is 318 g/mol. The Kier molecular flexibility index (Phi) is 5.73. The smallest absolute Gasteiger partial charge is 0.308 e. The average Bonchev–Trinajstić information content (AvgIpc) is 3.01. The SMILES string of the molecule is COC(=O)C1CCN([C@H](C)C(=O)Nc2sccc2C(N)=O)CC1. The van der Waals surface area contributed by atoms with Crippen LogP contribution in [0.15, 0.2) is 11.4 Å². The first kappa shape index (κ1) is 17.4. The molecule has 2 heterocycles. The highest BCUT2D eigenvalue weighted by Crippen LogP contribution is 2.24. The number of carbonyl (C=O) groups is 3. The van der Waals surface area contributed by atoms with Gasteiger partial charge in [0.15, 0.2) is 0 Å². The van der Waals surface area contributed by atoms with Crippen LogP contribution in [0.1, 0.15) is 30.1 Å². The lowest BCUT2D eigenvalue weighted by molar-refractivity contribution is -0.147. The van der Waals surface area contributed by atoms with Gasteiger partial charge in [-0.2, -0.15) is 0 Å². The van der Waals surface area contributed by atoms with Crippen molar-refractivity contribution in [2.45, 2.75) is 25.8 Å². The molecule has 1 fully saturated rings. The van der Waals surface area contributed by atoms with Crippen LogP contribution in [0, 0.1) is 5.92 Å². The second kappa shape index (κ2) is 7.56. The predicted octanol–water partition coefficient (Wildman–Crippen LogP) is 1.06. The van der Waals surface area contributed by atoms with Crippen LogP contribution in [0.3, 0.4) is 0 Å². The number of piperidine rings is 1. The van der Waals surface area contributed by atoms with Gasteiger partial charge in [-0.05, 0) is 44.3 Å². The third kappa shape index (κ3) is 4.08. The van der Waals surface area contributed by atoms with E-state index in [-0.39, 0.29) is 23.8 Å². The molecular formula is C15H21N3O4S. The van der Waals surface area contributed by atoms with E-state index in [0.717, 1.165) is 0 Å². The van der Waals surface area contributed by atoms with Gasteiger partial charge in [0.1, 0.15) is 5.00 Å². The fourth-order valence-corrected chi connectivity index (χ4v) is 3.47. The number of carbonyl (C=O) groups excluding carboxylic acids is 3. The summed E-state index contributed by atoms with van der Waals surface area (Å²) in [7, 11) is 1.39. The number of likely N-dealkylation sites (tertiary alicyclic amines) is 1. The van der Waals surface area contributed by atoms with Crippen LogP contribution >= 0.6 is 11.3 Å². The largest absolute Gasteiger partial charge is 0.469 e. The van der Waals surface area contributed by atoms with Gasteiger partial charge in [0, 0.05) is 0 Å². The van der Waals surface area contributed by atoms with Gasteiger partial charge in [0.05, 0.1) is 24.6 Å². The lowest BCUT2D eigenvalue weighted by Gasteiger charge is -2.34. The second-order valence-electron chi connectivity index (χ2n) is 5.53. The number of rotatable bonds is 5. The minimum absolute atomic E-state index is 0.0923. The number of primary amides is 1. The molecule has 7 nitrogen and oxygen atoms in total. The summed E-state index contributed by atoms with van der Waals surface area (Å²) in [5.41, 5.74) is 5.59. The number of hydrogen-bond donors (Lipinski definition) is 2. The van der Waals surface area contributed by atoms with Crippen molar-refractivity contribution in [1.29, 1.82) is 0 Å². The molecule has 0 bridgehead atoms. The third-order valence-corrected chi connectivity index (χ3v) is 4.99. The van der Waals surface area contributed by atoms with Crippen molar-refractivity contribution in [2.75, 3.05) is 25.5 Å². The summed E-state index contributed by atoms with van der Waals surface area (Å²) in [6.45, 7) is 3.12. The number of ether oxygens (including phenoxy) is 1. The maximum atomic E-state index is 12.4. The highest BCUT2D eigenvalue weighted by Gasteiger charge is 2.30. The number of methoxy groups -OCH3 is 1. The van der Waals surface area contributed by atoms with Crippen LogP contribution in [0.25, 0.3) is 0 Å². The average molecular weight is 339 g/mol. The molecule has 1 aliphatic heterocycles. The van der Waals surface area contributed by atoms with E-state index in [1.807, 2.05) is 11.8 Å². The Bertz CT molecular complexity index is 593. The maximum absolute atomic E-state index is 12.4. The number of nitrogens with two attached hydrogens (primary N) is 1. The Balaban J connectivity index is 1.92. The van der Waals surface area contributed by atoms with Crippen LogP contribution in [0.2, 0.25) is 0 Å². The molecule has 1 saturated heterocycles. The zero-order chi connectivity index (χ0) is 17.0. The summed E-state index contributed by atoms with van der Waals surface area (Å²) in [4.78, 5) is 37.2. The Morgan fingerprint density at radius 2 is 2.04 bits per heavy atom. The van der Waals surface area contributed by atoms with Crippen molar-refractivity contribution < 1.29 is 19.1 Å². The molecule has 0 aliphatic carbocycles. The van der Waals surface area contributed by atoms with E-state index in [1.165, 1.54) is 18.4 Å². The number of nitrogens with zero attached hydrogens (tertiary/aromatic N) is 1. The Morgan fingerprint density at radius 3 is 2.61 bits per heavy atom. The minimum atomic E-state index is -0.562. The van der Waals surface area contributed by atoms with E-state index in [0.29, 0.717) is 36.5 Å². The number of thiophene rings is 1. The molecule has 0 radical (unpaired) electrons. The zero-order valence-corrected chi connectivity index (χ0v) is 14.0. The fourth-order valence-electron chi connectivity index (χ4n) is 2.67. The number of nitrogens with one attached hydrogen (secondary N) is 1. The van der Waals surface area contributed by atoms with Gasteiger partial charge in [0.2, 0.25) is 5.91 Å². The Morgan fingerprint density at radius 1 is 1.39 bits per heavy atom. The van der Waals surface area contributed by atoms with E-state index in [4.69, 9.17) is 10.5 Å². The molecule has 2 amide bonds. The van der Waals surface area contributed by atoms with E-state index < -0.39 is 5.91 Å². The molecule has 8 heteroatoms. The van der Waals surface area contributed by atoms with Gasteiger partial charge in [0.25, 0.3) is 5.91 Å². The van der Waals surface area contributed by atoms with Crippen molar-refractivity contribution in [3.63, 3.8) is 0 Å². The quantitative estimate of drug-likeness (QED) is 0.781. The van der Waals surface area contributed by atoms with E-state index >= 15 is 0 Å². The van der Waals surface area contributed by atoms with E-state index in [9.17, 15) is 14.4 Å². The first-order valence-electron chi connectivity index (χ1n) is 7.44. The normalized spacial score (nSPS) is 17.5. The lowest BCUT2D eigenvalue weighted by Crippen LogP contribution is -2.47. The van der Waals surface area contributed by atoms with Crippen molar-refractivity contribution in [3.05, 3.63) is 17.0 Å². The summed E-state index contributed by atoms with van der Waals surface area (Å²) in [6.07, 6.45) is 1.35. The molecule has 23 heavy (non-hydrogen) atoms. The third-order valence-electron chi connectivity index (χ3n) is 4.16. The molecule has 1 aromatic heterocycles. The second-order valence-corrected chi connectivity index (χ2v) is 6.44. The molecule has 0 spiro atoms. The summed E-state index contributed by atoms with van der Waals surface area (Å²) < 4.78 is 4.76. The molecule has 1 aromatic rings. The number of anilines is 1. The standard InChI is InChI=1S/C15H21N3O4S/c1-9(18-6-3-10(4-7-18)15(21)22-2)13(20)17-14-11(12(16)19)5-8-23-14/h5,8-10H,3-4,6-7H2,1-2H3,(H2,16,19)(H,17,20)/t9-/m1/s1. The Hall–Kier alpha value is -1.93. The molecule has 0 saturated carbocycles. The van der Waals surface area contributed by atoms with Crippen molar-refractivity contribution >= 4 is 34.1 Å². The van der Waals surface area contributed by atoms with Crippen LogP contribution in [0.4, 0.5) is 5.00 Å². The molecule has 126 valence electrons. The molecule has 1 aliphatic rings. The summed E-state index contributed by atoms with van der Waals surface area (Å²) in [5.74, 6) is -1.03. The predicted molar refractivity (Wildman–Crippen MR) is 87.2 cm³/mol. The number of amides is 2. The molecule has 3 N–H and O–H groups in total.